The number of hydrogen-bond donors (Lipinski definition) is 4. The molecule has 1 aliphatic rings. The fourth-order valence-electron chi connectivity index (χ4n) is 2.00. The van der Waals surface area contributed by atoms with Gasteiger partial charge in [-0.1, -0.05) is 0 Å². The number of carboxylic acid groups (broad SMARTS) is 2. The predicted octanol–water partition coefficient (Wildman–Crippen LogP) is -1.24. The van der Waals surface area contributed by atoms with Crippen LogP contribution in [0.25, 0.3) is 0 Å². The minimum Gasteiger partial charge on any atom is -0.481 e. The van der Waals surface area contributed by atoms with E-state index in [1.807, 2.05) is 0 Å². The van der Waals surface area contributed by atoms with E-state index < -0.39 is 42.4 Å². The summed E-state index contributed by atoms with van der Waals surface area (Å²) in [7, 11) is 0. The van der Waals surface area contributed by atoms with Crippen LogP contribution < -0.4 is 0 Å². The molecule has 4 unspecified atom stereocenters. The molecule has 6 heteroatoms. The SMILES string of the molecule is O=C(O)C1C(O)CC(CO)C1C(=O)O. The third kappa shape index (κ3) is 1.71. The minimum absolute atomic E-state index is 0.0183. The Balaban J connectivity index is 2.91. The Hall–Kier alpha value is -1.14. The second kappa shape index (κ2) is 3.93. The average molecular weight is 204 g/mol. The molecule has 0 aromatic rings. The highest BCUT2D eigenvalue weighted by Crippen LogP contribution is 2.37. The van der Waals surface area contributed by atoms with Gasteiger partial charge in [-0.25, -0.2) is 0 Å². The van der Waals surface area contributed by atoms with Gasteiger partial charge in [-0.15, -0.1) is 0 Å². The van der Waals surface area contributed by atoms with Crippen molar-refractivity contribution in [3.8, 4) is 0 Å². The normalized spacial score (nSPS) is 37.0. The second-order valence-corrected chi connectivity index (χ2v) is 3.47. The summed E-state index contributed by atoms with van der Waals surface area (Å²) in [5.74, 6) is -5.81. The van der Waals surface area contributed by atoms with Crippen LogP contribution in [0, 0.1) is 17.8 Å². The largest absolute Gasteiger partial charge is 0.481 e. The minimum atomic E-state index is -1.33. The van der Waals surface area contributed by atoms with Crippen LogP contribution in [0.2, 0.25) is 0 Å². The number of aliphatic hydroxyl groups is 2. The first-order valence-electron chi connectivity index (χ1n) is 4.23. The van der Waals surface area contributed by atoms with Crippen molar-refractivity contribution in [1.29, 1.82) is 0 Å². The number of aliphatic carboxylic acids is 2. The Morgan fingerprint density at radius 3 is 2.00 bits per heavy atom. The Bertz CT molecular complexity index is 250. The molecule has 1 rings (SSSR count). The molecule has 14 heavy (non-hydrogen) atoms. The first-order valence-corrected chi connectivity index (χ1v) is 4.23. The number of carbonyl (C=O) groups is 2. The van der Waals surface area contributed by atoms with E-state index in [1.165, 1.54) is 0 Å². The van der Waals surface area contributed by atoms with Crippen LogP contribution in [-0.4, -0.2) is 45.1 Å². The molecule has 0 radical (unpaired) electrons. The van der Waals surface area contributed by atoms with Crippen LogP contribution in [0.4, 0.5) is 0 Å². The molecule has 0 aromatic carbocycles. The zero-order valence-corrected chi connectivity index (χ0v) is 7.33. The maximum absolute atomic E-state index is 10.7. The van der Waals surface area contributed by atoms with E-state index in [4.69, 9.17) is 15.3 Å². The van der Waals surface area contributed by atoms with Crippen LogP contribution in [0.1, 0.15) is 6.42 Å². The first kappa shape index (κ1) is 10.9. The van der Waals surface area contributed by atoms with Gasteiger partial charge in [-0.2, -0.15) is 0 Å². The summed E-state index contributed by atoms with van der Waals surface area (Å²) in [4.78, 5) is 21.4. The van der Waals surface area contributed by atoms with Gasteiger partial charge in [0, 0.05) is 6.61 Å². The van der Waals surface area contributed by atoms with E-state index >= 15 is 0 Å². The highest BCUT2D eigenvalue weighted by atomic mass is 16.4. The molecule has 1 aliphatic carbocycles. The Labute approximate surface area is 79.8 Å². The van der Waals surface area contributed by atoms with Crippen molar-refractivity contribution in [2.24, 2.45) is 17.8 Å². The topological polar surface area (TPSA) is 115 Å². The molecule has 4 atom stereocenters. The molecule has 0 saturated heterocycles. The molecule has 0 spiro atoms. The molecule has 0 aliphatic heterocycles. The Morgan fingerprint density at radius 1 is 1.14 bits per heavy atom. The zero-order valence-electron chi connectivity index (χ0n) is 7.33. The lowest BCUT2D eigenvalue weighted by molar-refractivity contribution is -0.156. The summed E-state index contributed by atoms with van der Waals surface area (Å²) in [6, 6.07) is 0. The number of aliphatic hydroxyl groups excluding tert-OH is 2. The van der Waals surface area contributed by atoms with Crippen LogP contribution >= 0.6 is 0 Å². The molecule has 0 bridgehead atoms. The van der Waals surface area contributed by atoms with Crippen molar-refractivity contribution in [2.45, 2.75) is 12.5 Å². The van der Waals surface area contributed by atoms with Crippen molar-refractivity contribution in [3.63, 3.8) is 0 Å². The van der Waals surface area contributed by atoms with Crippen LogP contribution in [0.3, 0.4) is 0 Å². The van der Waals surface area contributed by atoms with Crippen molar-refractivity contribution < 1.29 is 30.0 Å². The maximum Gasteiger partial charge on any atom is 0.310 e. The quantitative estimate of drug-likeness (QED) is 0.457. The predicted molar refractivity (Wildman–Crippen MR) is 43.5 cm³/mol. The van der Waals surface area contributed by atoms with E-state index in [2.05, 4.69) is 0 Å². The summed E-state index contributed by atoms with van der Waals surface area (Å²) in [5, 5.41) is 35.6. The van der Waals surface area contributed by atoms with Gasteiger partial charge in [0.25, 0.3) is 0 Å². The van der Waals surface area contributed by atoms with E-state index in [0.29, 0.717) is 0 Å². The molecule has 0 amide bonds. The summed E-state index contributed by atoms with van der Waals surface area (Å²) >= 11 is 0. The van der Waals surface area contributed by atoms with Gasteiger partial charge in [-0.05, 0) is 12.3 Å². The molecule has 0 aromatic heterocycles. The van der Waals surface area contributed by atoms with Crippen LogP contribution in [0.15, 0.2) is 0 Å². The molecule has 4 N–H and O–H groups in total. The highest BCUT2D eigenvalue weighted by Gasteiger charge is 2.50. The third-order valence-corrected chi connectivity index (χ3v) is 2.66. The Kier molecular flexibility index (Phi) is 3.07. The molecule has 6 nitrogen and oxygen atoms in total. The zero-order chi connectivity index (χ0) is 10.9. The Morgan fingerprint density at radius 2 is 1.64 bits per heavy atom. The first-order chi connectivity index (χ1) is 6.49. The standard InChI is InChI=1S/C8H12O6/c9-2-3-1-4(10)6(8(13)14)5(3)7(11)12/h3-6,9-10H,1-2H2,(H,11,12)(H,13,14). The summed E-state index contributed by atoms with van der Waals surface area (Å²) in [6.07, 6.45) is -1.17. The number of carboxylic acids is 2. The second-order valence-electron chi connectivity index (χ2n) is 3.47. The van der Waals surface area contributed by atoms with Crippen molar-refractivity contribution in [3.05, 3.63) is 0 Å². The lowest BCUT2D eigenvalue weighted by atomic mass is 9.89. The lowest BCUT2D eigenvalue weighted by Gasteiger charge is -2.16. The van der Waals surface area contributed by atoms with Crippen LogP contribution in [-0.2, 0) is 9.59 Å². The number of rotatable bonds is 3. The van der Waals surface area contributed by atoms with E-state index in [0.717, 1.165) is 0 Å². The summed E-state index contributed by atoms with van der Waals surface area (Å²) in [6.45, 7) is -0.419. The maximum atomic E-state index is 10.7. The van der Waals surface area contributed by atoms with Gasteiger partial charge in [0.05, 0.1) is 17.9 Å². The van der Waals surface area contributed by atoms with E-state index in [9.17, 15) is 14.7 Å². The lowest BCUT2D eigenvalue weighted by Crippen LogP contribution is -2.34. The van der Waals surface area contributed by atoms with E-state index in [1.54, 1.807) is 0 Å². The monoisotopic (exact) mass is 204 g/mol. The average Bonchev–Trinajstić information content (AvgIpc) is 2.41. The van der Waals surface area contributed by atoms with Crippen LogP contribution in [0.5, 0.6) is 0 Å². The highest BCUT2D eigenvalue weighted by molar-refractivity contribution is 5.81. The van der Waals surface area contributed by atoms with Gasteiger partial charge in [0.2, 0.25) is 0 Å². The van der Waals surface area contributed by atoms with E-state index in [-0.39, 0.29) is 6.42 Å². The van der Waals surface area contributed by atoms with Gasteiger partial charge < -0.3 is 20.4 Å². The van der Waals surface area contributed by atoms with Gasteiger partial charge in [-0.3, -0.25) is 9.59 Å². The van der Waals surface area contributed by atoms with Crippen molar-refractivity contribution in [1.82, 2.24) is 0 Å². The van der Waals surface area contributed by atoms with Crippen molar-refractivity contribution in [2.75, 3.05) is 6.61 Å². The molecule has 1 fully saturated rings. The van der Waals surface area contributed by atoms with Crippen molar-refractivity contribution >= 4 is 11.9 Å². The smallest absolute Gasteiger partial charge is 0.310 e. The van der Waals surface area contributed by atoms with Gasteiger partial charge in [0.15, 0.2) is 0 Å². The summed E-state index contributed by atoms with van der Waals surface area (Å²) in [5.41, 5.74) is 0. The molecular formula is C8H12O6. The molecule has 1 saturated carbocycles. The molecular weight excluding hydrogens is 192 g/mol. The fraction of sp³-hybridized carbons (Fsp3) is 0.750. The number of hydrogen-bond acceptors (Lipinski definition) is 4. The summed E-state index contributed by atoms with van der Waals surface area (Å²) < 4.78 is 0. The molecule has 0 heterocycles. The van der Waals surface area contributed by atoms with Gasteiger partial charge in [0.1, 0.15) is 0 Å². The van der Waals surface area contributed by atoms with Gasteiger partial charge >= 0.3 is 11.9 Å². The fourth-order valence-corrected chi connectivity index (χ4v) is 2.00. The molecule has 80 valence electrons. The third-order valence-electron chi connectivity index (χ3n) is 2.66.